The molecule has 174 valence electrons. The Morgan fingerprint density at radius 2 is 1.64 bits per heavy atom. The predicted octanol–water partition coefficient (Wildman–Crippen LogP) is 4.63. The van der Waals surface area contributed by atoms with Gasteiger partial charge in [0.15, 0.2) is 0 Å². The molecule has 0 aliphatic rings. The first kappa shape index (κ1) is 25.0. The molecule has 0 saturated heterocycles. The van der Waals surface area contributed by atoms with Crippen LogP contribution >= 0.6 is 34.8 Å². The molecule has 0 atom stereocenters. The van der Waals surface area contributed by atoms with Gasteiger partial charge in [-0.1, -0.05) is 40.9 Å². The number of amides is 2. The van der Waals surface area contributed by atoms with Gasteiger partial charge >= 0.3 is 0 Å². The van der Waals surface area contributed by atoms with Crippen LogP contribution < -0.4 is 5.73 Å². The molecule has 1 heterocycles. The highest BCUT2D eigenvalue weighted by atomic mass is 35.5. The number of carbonyl (C=O) groups is 2. The largest absolute Gasteiger partial charge is 0.364 e. The minimum absolute atomic E-state index is 0.0340. The Kier molecular flexibility index (Phi) is 7.09. The number of nitrogens with zero attached hydrogens (tertiary/aromatic N) is 1. The fraction of sp³-hybridized carbons (Fsp3) is 0.143. The van der Waals surface area contributed by atoms with Gasteiger partial charge in [-0.15, -0.1) is 0 Å². The molecular weight excluding hydrogens is 516 g/mol. The van der Waals surface area contributed by atoms with Crippen molar-refractivity contribution in [2.45, 2.75) is 23.3 Å². The topological polar surface area (TPSA) is 113 Å². The number of aromatic nitrogens is 1. The van der Waals surface area contributed by atoms with Gasteiger partial charge in [0.25, 0.3) is 11.8 Å². The lowest BCUT2D eigenvalue weighted by molar-refractivity contribution is 0.0778. The Hall–Kier alpha value is -2.59. The van der Waals surface area contributed by atoms with E-state index in [0.29, 0.717) is 0 Å². The number of hydrogen-bond donors (Lipinski definition) is 2. The van der Waals surface area contributed by atoms with Crippen LogP contribution in [0.2, 0.25) is 15.1 Å². The van der Waals surface area contributed by atoms with Crippen LogP contribution in [0, 0.1) is 12.7 Å². The zero-order chi connectivity index (χ0) is 24.7. The molecule has 0 unspecified atom stereocenters. The molecule has 3 N–H and O–H groups in total. The Morgan fingerprint density at radius 3 is 2.18 bits per heavy atom. The van der Waals surface area contributed by atoms with Crippen molar-refractivity contribution in [2.24, 2.45) is 5.73 Å². The third-order valence-electron chi connectivity index (χ3n) is 4.84. The van der Waals surface area contributed by atoms with Crippen LogP contribution in [0.4, 0.5) is 4.39 Å². The second-order valence-electron chi connectivity index (χ2n) is 7.20. The van der Waals surface area contributed by atoms with E-state index < -0.39 is 38.1 Å². The van der Waals surface area contributed by atoms with Crippen molar-refractivity contribution in [3.63, 3.8) is 0 Å². The average molecular weight is 533 g/mol. The first-order chi connectivity index (χ1) is 15.3. The van der Waals surface area contributed by atoms with E-state index in [-0.39, 0.29) is 43.3 Å². The van der Waals surface area contributed by atoms with E-state index in [1.807, 2.05) is 0 Å². The number of carbonyl (C=O) groups excluding carboxylic acids is 2. The second-order valence-corrected chi connectivity index (χ2v) is 10.4. The van der Waals surface area contributed by atoms with Gasteiger partial charge in [-0.2, -0.15) is 0 Å². The second kappa shape index (κ2) is 9.34. The third kappa shape index (κ3) is 5.01. The van der Waals surface area contributed by atoms with Crippen LogP contribution in [-0.2, 0) is 16.4 Å². The fourth-order valence-electron chi connectivity index (χ4n) is 3.27. The van der Waals surface area contributed by atoms with Crippen LogP contribution in [0.15, 0.2) is 46.2 Å². The van der Waals surface area contributed by atoms with E-state index >= 15 is 0 Å². The van der Waals surface area contributed by atoms with E-state index in [1.54, 1.807) is 0 Å². The highest BCUT2D eigenvalue weighted by Crippen LogP contribution is 2.33. The summed E-state index contributed by atoms with van der Waals surface area (Å²) in [6.45, 7) is 1.21. The first-order valence-corrected chi connectivity index (χ1v) is 11.9. The molecule has 3 rings (SSSR count). The standard InChI is InChI=1S/C21H17Cl3FN3O4S/c1-10-17(21(30)28(2)9-11-3-4-12(22)8-16(11)25)27-18(20(26)29)19(10)33(31,32)15-6-13(23)5-14(24)7-15/h3-8,27H,9H2,1-2H3,(H2,26,29). The van der Waals surface area contributed by atoms with Gasteiger partial charge in [-0.3, -0.25) is 9.59 Å². The zero-order valence-electron chi connectivity index (χ0n) is 17.2. The number of nitrogens with two attached hydrogens (primary N) is 1. The van der Waals surface area contributed by atoms with Gasteiger partial charge in [-0.05, 0) is 42.8 Å². The van der Waals surface area contributed by atoms with Gasteiger partial charge < -0.3 is 15.6 Å². The minimum Gasteiger partial charge on any atom is -0.364 e. The summed E-state index contributed by atoms with van der Waals surface area (Å²) in [7, 11) is -2.95. The molecule has 33 heavy (non-hydrogen) atoms. The maximum atomic E-state index is 14.1. The van der Waals surface area contributed by atoms with E-state index in [4.69, 9.17) is 40.5 Å². The summed E-state index contributed by atoms with van der Waals surface area (Å²) in [5.74, 6) is -2.38. The summed E-state index contributed by atoms with van der Waals surface area (Å²) in [5.41, 5.74) is 4.89. The van der Waals surface area contributed by atoms with Gasteiger partial charge in [0.1, 0.15) is 22.1 Å². The van der Waals surface area contributed by atoms with Crippen LogP contribution in [0.3, 0.4) is 0 Å². The van der Waals surface area contributed by atoms with Crippen molar-refractivity contribution in [3.05, 3.63) is 79.8 Å². The Balaban J connectivity index is 2.07. The molecule has 0 bridgehead atoms. The molecule has 12 heteroatoms. The summed E-state index contributed by atoms with van der Waals surface area (Å²) in [4.78, 5) is 28.0. The van der Waals surface area contributed by atoms with Crippen molar-refractivity contribution < 1.29 is 22.4 Å². The molecule has 1 aromatic heterocycles. The number of H-pyrrole nitrogens is 1. The lowest BCUT2D eigenvalue weighted by atomic mass is 10.2. The van der Waals surface area contributed by atoms with Crippen LogP contribution in [0.25, 0.3) is 0 Å². The van der Waals surface area contributed by atoms with Gasteiger partial charge in [0.2, 0.25) is 9.84 Å². The lowest BCUT2D eigenvalue weighted by Gasteiger charge is -2.17. The summed E-state index contributed by atoms with van der Waals surface area (Å²) in [6, 6.07) is 7.69. The molecule has 2 amide bonds. The van der Waals surface area contributed by atoms with Gasteiger partial charge in [-0.25, -0.2) is 12.8 Å². The van der Waals surface area contributed by atoms with Gasteiger partial charge in [0.05, 0.1) is 4.90 Å². The van der Waals surface area contributed by atoms with E-state index in [1.165, 1.54) is 32.2 Å². The number of benzene rings is 2. The molecular formula is C21H17Cl3FN3O4S. The Morgan fingerprint density at radius 1 is 1.03 bits per heavy atom. The summed E-state index contributed by atoms with van der Waals surface area (Å²) in [6.07, 6.45) is 0. The van der Waals surface area contributed by atoms with Crippen molar-refractivity contribution in [2.75, 3.05) is 7.05 Å². The first-order valence-electron chi connectivity index (χ1n) is 9.26. The SMILES string of the molecule is Cc1c(C(=O)N(C)Cc2ccc(Cl)cc2F)[nH]c(C(N)=O)c1S(=O)(=O)c1cc(Cl)cc(Cl)c1. The van der Waals surface area contributed by atoms with E-state index in [9.17, 15) is 22.4 Å². The van der Waals surface area contributed by atoms with Crippen molar-refractivity contribution in [1.82, 2.24) is 9.88 Å². The minimum atomic E-state index is -4.35. The zero-order valence-corrected chi connectivity index (χ0v) is 20.3. The van der Waals surface area contributed by atoms with Crippen LogP contribution in [0.5, 0.6) is 0 Å². The Labute approximate surface area is 204 Å². The smallest absolute Gasteiger partial charge is 0.270 e. The third-order valence-corrected chi connectivity index (χ3v) is 7.41. The molecule has 0 saturated carbocycles. The van der Waals surface area contributed by atoms with Gasteiger partial charge in [0, 0.05) is 34.2 Å². The average Bonchev–Trinajstić information content (AvgIpc) is 3.07. The number of rotatable bonds is 6. The monoisotopic (exact) mass is 531 g/mol. The molecule has 3 aromatic rings. The van der Waals surface area contributed by atoms with Crippen molar-refractivity contribution >= 4 is 56.5 Å². The summed E-state index contributed by atoms with van der Waals surface area (Å²) < 4.78 is 40.8. The molecule has 7 nitrogen and oxygen atoms in total. The maximum Gasteiger partial charge on any atom is 0.270 e. The number of sulfone groups is 1. The molecule has 0 fully saturated rings. The maximum absolute atomic E-state index is 14.1. The number of primary amides is 1. The van der Waals surface area contributed by atoms with E-state index in [2.05, 4.69) is 4.98 Å². The molecule has 0 spiro atoms. The normalized spacial score (nSPS) is 11.5. The predicted molar refractivity (Wildman–Crippen MR) is 123 cm³/mol. The molecule has 0 radical (unpaired) electrons. The van der Waals surface area contributed by atoms with Crippen molar-refractivity contribution in [3.8, 4) is 0 Å². The quantitative estimate of drug-likeness (QED) is 0.482. The Bertz CT molecular complexity index is 1370. The van der Waals surface area contributed by atoms with Crippen LogP contribution in [0.1, 0.15) is 32.1 Å². The molecule has 0 aliphatic heterocycles. The summed E-state index contributed by atoms with van der Waals surface area (Å²) in [5, 5.41) is 0.333. The highest BCUT2D eigenvalue weighted by Gasteiger charge is 2.33. The molecule has 2 aromatic carbocycles. The highest BCUT2D eigenvalue weighted by molar-refractivity contribution is 7.91. The lowest BCUT2D eigenvalue weighted by Crippen LogP contribution is -2.27. The summed E-state index contributed by atoms with van der Waals surface area (Å²) >= 11 is 17.6. The number of aromatic amines is 1. The number of nitrogens with one attached hydrogen (secondary N) is 1. The fourth-order valence-corrected chi connectivity index (χ4v) is 5.81. The van der Waals surface area contributed by atoms with Crippen LogP contribution in [-0.4, -0.2) is 37.2 Å². The molecule has 0 aliphatic carbocycles. The number of hydrogen-bond acceptors (Lipinski definition) is 4. The van der Waals surface area contributed by atoms with Crippen molar-refractivity contribution in [1.29, 1.82) is 0 Å². The van der Waals surface area contributed by atoms with E-state index in [0.717, 1.165) is 23.1 Å². The number of halogens is 4.